The first-order valence-corrected chi connectivity index (χ1v) is 17.8. The Morgan fingerprint density at radius 2 is 1.52 bits per heavy atom. The summed E-state index contributed by atoms with van der Waals surface area (Å²) in [7, 11) is 3.55. The van der Waals surface area contributed by atoms with Crippen molar-refractivity contribution in [1.29, 1.82) is 0 Å². The van der Waals surface area contributed by atoms with Crippen LogP contribution in [-0.2, 0) is 28.5 Å². The third kappa shape index (κ3) is 9.69. The number of carbonyl (C=O) groups is 3. The summed E-state index contributed by atoms with van der Waals surface area (Å²) in [6.07, 6.45) is 0.480. The third-order valence-electron chi connectivity index (χ3n) is 10.5. The fraction of sp³-hybridized carbons (Fsp3) is 0.595. The summed E-state index contributed by atoms with van der Waals surface area (Å²) in [5, 5.41) is 3.00. The summed E-state index contributed by atoms with van der Waals surface area (Å²) >= 11 is 0. The van der Waals surface area contributed by atoms with Crippen molar-refractivity contribution in [2.45, 2.75) is 63.7 Å². The Balaban J connectivity index is 0.000000200. The minimum Gasteiger partial charge on any atom is -0.453 e. The Hall–Kier alpha value is -3.84. The minimum absolute atomic E-state index is 0.0403. The number of piperazine rings is 1. The Morgan fingerprint density at radius 3 is 2.18 bits per heavy atom. The van der Waals surface area contributed by atoms with E-state index in [0.29, 0.717) is 50.7 Å². The van der Waals surface area contributed by atoms with E-state index in [2.05, 4.69) is 28.2 Å². The first kappa shape index (κ1) is 37.4. The van der Waals surface area contributed by atoms with E-state index >= 15 is 0 Å². The van der Waals surface area contributed by atoms with Gasteiger partial charge in [-0.3, -0.25) is 9.69 Å². The summed E-state index contributed by atoms with van der Waals surface area (Å²) in [5.74, 6) is -0.279. The van der Waals surface area contributed by atoms with E-state index in [1.165, 1.54) is 31.6 Å². The molecule has 4 heterocycles. The van der Waals surface area contributed by atoms with Gasteiger partial charge in [-0.2, -0.15) is 13.2 Å². The highest BCUT2D eigenvalue weighted by atomic mass is 19.4. The smallest absolute Gasteiger partial charge is 0.416 e. The second-order valence-electron chi connectivity index (χ2n) is 13.9. The van der Waals surface area contributed by atoms with Gasteiger partial charge in [-0.1, -0.05) is 43.3 Å². The molecule has 1 atom stereocenters. The zero-order chi connectivity index (χ0) is 35.8. The molecule has 0 saturated carbocycles. The van der Waals surface area contributed by atoms with Crippen molar-refractivity contribution in [1.82, 2.24) is 24.5 Å². The van der Waals surface area contributed by atoms with Crippen LogP contribution in [-0.4, -0.2) is 128 Å². The van der Waals surface area contributed by atoms with Crippen LogP contribution in [0.3, 0.4) is 0 Å². The lowest BCUT2D eigenvalue weighted by Crippen LogP contribution is -2.54. The Bertz CT molecular complexity index is 1450. The lowest BCUT2D eigenvalue weighted by atomic mass is 9.97. The summed E-state index contributed by atoms with van der Waals surface area (Å²) in [5.41, 5.74) is 1.98. The molecule has 4 amide bonds. The van der Waals surface area contributed by atoms with Crippen molar-refractivity contribution in [2.24, 2.45) is 5.92 Å². The number of ether oxygens (including phenoxy) is 1. The first-order chi connectivity index (χ1) is 23.9. The van der Waals surface area contributed by atoms with Crippen molar-refractivity contribution in [2.75, 3.05) is 78.4 Å². The highest BCUT2D eigenvalue weighted by Gasteiger charge is 2.33. The van der Waals surface area contributed by atoms with Gasteiger partial charge >= 0.3 is 18.3 Å². The summed E-state index contributed by atoms with van der Waals surface area (Å²) < 4.78 is 43.4. The van der Waals surface area contributed by atoms with Gasteiger partial charge in [0.1, 0.15) is 0 Å². The lowest BCUT2D eigenvalue weighted by Gasteiger charge is -2.42. The van der Waals surface area contributed by atoms with E-state index in [0.717, 1.165) is 63.3 Å². The molecule has 274 valence electrons. The van der Waals surface area contributed by atoms with Gasteiger partial charge < -0.3 is 29.7 Å². The van der Waals surface area contributed by atoms with Crippen LogP contribution in [0.5, 0.6) is 0 Å². The van der Waals surface area contributed by atoms with Crippen LogP contribution in [0.4, 0.5) is 28.4 Å². The molecule has 10 nitrogen and oxygen atoms in total. The number of hydrogen-bond acceptors (Lipinski definition) is 6. The number of methoxy groups -OCH3 is 1. The molecule has 0 aliphatic carbocycles. The predicted molar refractivity (Wildman–Crippen MR) is 186 cm³/mol. The van der Waals surface area contributed by atoms with Crippen molar-refractivity contribution in [3.63, 3.8) is 0 Å². The molecule has 13 heteroatoms. The molecule has 0 unspecified atom stereocenters. The van der Waals surface area contributed by atoms with E-state index in [1.807, 2.05) is 34.9 Å². The highest BCUT2D eigenvalue weighted by Crippen LogP contribution is 2.30. The molecular weight excluding hydrogens is 649 g/mol. The molecule has 2 aromatic rings. The standard InChI is InChI=1S/C21H30F3N3O.C16H21N3O3/c1-16(14-17-4-3-5-18(15-17)21(22,23)24)20(28)27-12-10-26(11-13-27)19-6-8-25(2)9-7-19;1-22-16(21)18-9-7-13(8-10-18)19-11-6-12-4-2-3-5-14(12)17-15(19)20/h3-5,15-16,19H,6-14H2,1-2H3;2-5,13H,6-11H2,1H3,(H,17,20)/t16-;/m1./s1. The molecule has 0 aromatic heterocycles. The zero-order valence-corrected chi connectivity index (χ0v) is 29.5. The van der Waals surface area contributed by atoms with E-state index in [9.17, 15) is 27.6 Å². The van der Waals surface area contributed by atoms with E-state index < -0.39 is 11.7 Å². The summed E-state index contributed by atoms with van der Waals surface area (Å²) in [6, 6.07) is 14.0. The molecular formula is C37H51F3N6O4. The monoisotopic (exact) mass is 700 g/mol. The number of urea groups is 1. The summed E-state index contributed by atoms with van der Waals surface area (Å²) in [6.45, 7) is 9.22. The fourth-order valence-corrected chi connectivity index (χ4v) is 7.52. The Morgan fingerprint density at radius 1 is 0.860 bits per heavy atom. The van der Waals surface area contributed by atoms with Crippen LogP contribution in [0.1, 0.15) is 49.3 Å². The second kappa shape index (κ2) is 16.9. The summed E-state index contributed by atoms with van der Waals surface area (Å²) in [4.78, 5) is 47.1. The van der Waals surface area contributed by atoms with Crippen LogP contribution in [0.2, 0.25) is 0 Å². The molecule has 50 heavy (non-hydrogen) atoms. The number of nitrogens with zero attached hydrogens (tertiary/aromatic N) is 5. The van der Waals surface area contributed by atoms with Crippen molar-refractivity contribution in [3.8, 4) is 0 Å². The first-order valence-electron chi connectivity index (χ1n) is 17.8. The minimum atomic E-state index is -4.35. The number of carbonyl (C=O) groups excluding carboxylic acids is 3. The number of hydrogen-bond donors (Lipinski definition) is 1. The van der Waals surface area contributed by atoms with Crippen molar-refractivity contribution < 1.29 is 32.3 Å². The lowest BCUT2D eigenvalue weighted by molar-refractivity contribution is -0.137. The topological polar surface area (TPSA) is 88.7 Å². The maximum absolute atomic E-state index is 12.9. The van der Waals surface area contributed by atoms with Crippen LogP contribution in [0, 0.1) is 5.92 Å². The van der Waals surface area contributed by atoms with Gasteiger partial charge in [0.25, 0.3) is 0 Å². The van der Waals surface area contributed by atoms with E-state index in [4.69, 9.17) is 4.74 Å². The van der Waals surface area contributed by atoms with Gasteiger partial charge in [0.05, 0.1) is 12.7 Å². The molecule has 3 saturated heterocycles. The number of amides is 4. The quantitative estimate of drug-likeness (QED) is 0.448. The number of piperidine rings is 2. The van der Waals surface area contributed by atoms with Crippen LogP contribution in [0.15, 0.2) is 48.5 Å². The fourth-order valence-electron chi connectivity index (χ4n) is 7.52. The molecule has 2 aromatic carbocycles. The number of para-hydroxylation sites is 1. The van der Waals surface area contributed by atoms with Crippen LogP contribution >= 0.6 is 0 Å². The van der Waals surface area contributed by atoms with Crippen molar-refractivity contribution in [3.05, 3.63) is 65.2 Å². The van der Waals surface area contributed by atoms with Gasteiger partial charge in [0.2, 0.25) is 5.91 Å². The maximum atomic E-state index is 12.9. The number of nitrogens with one attached hydrogen (secondary N) is 1. The normalized spacial score (nSPS) is 20.6. The molecule has 0 bridgehead atoms. The zero-order valence-electron chi connectivity index (χ0n) is 29.5. The van der Waals surface area contributed by atoms with Gasteiger partial charge in [-0.25, -0.2) is 9.59 Å². The second-order valence-corrected chi connectivity index (χ2v) is 13.9. The van der Waals surface area contributed by atoms with Gasteiger partial charge in [-0.15, -0.1) is 0 Å². The van der Waals surface area contributed by atoms with Gasteiger partial charge in [-0.05, 0) is 81.9 Å². The molecule has 4 aliphatic rings. The Kier molecular flexibility index (Phi) is 12.7. The molecule has 6 rings (SSSR count). The molecule has 0 radical (unpaired) electrons. The number of likely N-dealkylation sites (tertiary alicyclic amines) is 2. The van der Waals surface area contributed by atoms with Crippen LogP contribution < -0.4 is 5.32 Å². The third-order valence-corrected chi connectivity index (χ3v) is 10.5. The number of benzene rings is 2. The number of rotatable bonds is 5. The SMILES string of the molecule is COC(=O)N1CCC(N2CCc3ccccc3NC2=O)CC1.C[C@H](Cc1cccc(C(F)(F)F)c1)C(=O)N1CCN(C2CCN(C)CC2)CC1. The van der Waals surface area contributed by atoms with Gasteiger partial charge in [0, 0.05) is 69.5 Å². The average Bonchev–Trinajstić information content (AvgIpc) is 3.29. The predicted octanol–water partition coefficient (Wildman–Crippen LogP) is 5.43. The maximum Gasteiger partial charge on any atom is 0.416 e. The number of fused-ring (bicyclic) bond motifs is 1. The van der Waals surface area contributed by atoms with Crippen LogP contribution in [0.25, 0.3) is 0 Å². The van der Waals surface area contributed by atoms with Gasteiger partial charge in [0.15, 0.2) is 0 Å². The van der Waals surface area contributed by atoms with E-state index in [-0.39, 0.29) is 30.0 Å². The van der Waals surface area contributed by atoms with Crippen molar-refractivity contribution >= 4 is 23.7 Å². The number of anilines is 1. The highest BCUT2D eigenvalue weighted by molar-refractivity contribution is 5.91. The molecule has 1 N–H and O–H groups in total. The molecule has 3 fully saturated rings. The molecule has 0 spiro atoms. The largest absolute Gasteiger partial charge is 0.453 e. The number of alkyl halides is 3. The number of halogens is 3. The molecule has 4 aliphatic heterocycles. The van der Waals surface area contributed by atoms with E-state index in [1.54, 1.807) is 11.0 Å². The average molecular weight is 701 g/mol. The Labute approximate surface area is 293 Å².